The molecule has 2 nitrogen and oxygen atoms in total. The lowest BCUT2D eigenvalue weighted by molar-refractivity contribution is -0.137. The van der Waals surface area contributed by atoms with Crippen molar-refractivity contribution >= 4 is 0 Å². The van der Waals surface area contributed by atoms with Gasteiger partial charge in [-0.3, -0.25) is 0 Å². The normalized spacial score (nSPS) is 13.6. The minimum absolute atomic E-state index is 0.155. The predicted molar refractivity (Wildman–Crippen MR) is 63.4 cm³/mol. The van der Waals surface area contributed by atoms with Gasteiger partial charge in [0.1, 0.15) is 5.60 Å². The molecular weight excluding hydrogens is 243 g/mol. The molecule has 0 aromatic carbocycles. The zero-order valence-electron chi connectivity index (χ0n) is 11.2. The summed E-state index contributed by atoms with van der Waals surface area (Å²) in [6.07, 6.45) is -3.58. The van der Waals surface area contributed by atoms with Gasteiger partial charge in [-0.15, -0.1) is 0 Å². The average molecular weight is 261 g/mol. The highest BCUT2D eigenvalue weighted by molar-refractivity contribution is 5.20. The summed E-state index contributed by atoms with van der Waals surface area (Å²) in [5, 5.41) is 0. The van der Waals surface area contributed by atoms with Crippen molar-refractivity contribution in [2.24, 2.45) is 5.41 Å². The maximum Gasteiger partial charge on any atom is 0.417 e. The van der Waals surface area contributed by atoms with Crippen LogP contribution in [-0.2, 0) is 6.18 Å². The van der Waals surface area contributed by atoms with Crippen molar-refractivity contribution in [1.82, 2.24) is 4.98 Å². The molecule has 5 heteroatoms. The van der Waals surface area contributed by atoms with Gasteiger partial charge in [0.15, 0.2) is 0 Å². The SMILES string of the molecule is CC(C)(C)C(C)(C)Oc1ccc(C(F)(F)F)cn1. The Hall–Kier alpha value is -1.26. The third kappa shape index (κ3) is 3.37. The second-order valence-corrected chi connectivity index (χ2v) is 5.75. The van der Waals surface area contributed by atoms with Gasteiger partial charge in [0.25, 0.3) is 0 Å². The number of halogens is 3. The van der Waals surface area contributed by atoms with E-state index in [4.69, 9.17) is 4.74 Å². The van der Waals surface area contributed by atoms with E-state index < -0.39 is 17.3 Å². The van der Waals surface area contributed by atoms with E-state index in [1.54, 1.807) is 0 Å². The van der Waals surface area contributed by atoms with Crippen molar-refractivity contribution in [2.45, 2.75) is 46.4 Å². The van der Waals surface area contributed by atoms with E-state index in [1.165, 1.54) is 6.07 Å². The topological polar surface area (TPSA) is 22.1 Å². The van der Waals surface area contributed by atoms with Crippen LogP contribution in [0.25, 0.3) is 0 Å². The number of pyridine rings is 1. The van der Waals surface area contributed by atoms with E-state index in [0.29, 0.717) is 0 Å². The van der Waals surface area contributed by atoms with Crippen LogP contribution in [0.4, 0.5) is 13.2 Å². The largest absolute Gasteiger partial charge is 0.471 e. The number of rotatable bonds is 2. The molecule has 0 spiro atoms. The zero-order valence-corrected chi connectivity index (χ0v) is 11.2. The molecule has 0 atom stereocenters. The van der Waals surface area contributed by atoms with E-state index in [9.17, 15) is 13.2 Å². The first-order valence-electron chi connectivity index (χ1n) is 5.66. The van der Waals surface area contributed by atoms with Crippen molar-refractivity contribution < 1.29 is 17.9 Å². The van der Waals surface area contributed by atoms with Crippen molar-refractivity contribution in [3.63, 3.8) is 0 Å². The number of ether oxygens (including phenoxy) is 1. The molecule has 0 aliphatic heterocycles. The molecule has 102 valence electrons. The number of aromatic nitrogens is 1. The van der Waals surface area contributed by atoms with Crippen molar-refractivity contribution in [3.05, 3.63) is 23.9 Å². The van der Waals surface area contributed by atoms with Crippen LogP contribution in [0.15, 0.2) is 18.3 Å². The lowest BCUT2D eigenvalue weighted by atomic mass is 9.79. The lowest BCUT2D eigenvalue weighted by Crippen LogP contribution is -2.42. The summed E-state index contributed by atoms with van der Waals surface area (Å²) in [7, 11) is 0. The maximum absolute atomic E-state index is 12.4. The van der Waals surface area contributed by atoms with Gasteiger partial charge >= 0.3 is 6.18 Å². The molecule has 0 aliphatic carbocycles. The Labute approximate surface area is 105 Å². The summed E-state index contributed by atoms with van der Waals surface area (Å²) in [6.45, 7) is 9.75. The molecule has 1 aromatic heterocycles. The van der Waals surface area contributed by atoms with Crippen LogP contribution in [0.1, 0.15) is 40.2 Å². The number of hydrogen-bond acceptors (Lipinski definition) is 2. The Morgan fingerprint density at radius 2 is 1.56 bits per heavy atom. The maximum atomic E-state index is 12.4. The molecule has 0 unspecified atom stereocenters. The molecule has 18 heavy (non-hydrogen) atoms. The van der Waals surface area contributed by atoms with Gasteiger partial charge in [0.2, 0.25) is 5.88 Å². The van der Waals surface area contributed by atoms with Crippen LogP contribution in [0.2, 0.25) is 0 Å². The molecule has 0 amide bonds. The van der Waals surface area contributed by atoms with Crippen LogP contribution in [-0.4, -0.2) is 10.6 Å². The summed E-state index contributed by atoms with van der Waals surface area (Å²) >= 11 is 0. The fraction of sp³-hybridized carbons (Fsp3) is 0.615. The molecule has 0 fully saturated rings. The standard InChI is InChI=1S/C13H18F3NO/c1-11(2,3)12(4,5)18-10-7-6-9(8-17-10)13(14,15)16/h6-8H,1-5H3. The van der Waals surface area contributed by atoms with E-state index in [2.05, 4.69) is 4.98 Å². The Morgan fingerprint density at radius 1 is 1.00 bits per heavy atom. The van der Waals surface area contributed by atoms with E-state index in [0.717, 1.165) is 12.3 Å². The third-order valence-electron chi connectivity index (χ3n) is 3.23. The fourth-order valence-corrected chi connectivity index (χ4v) is 1.02. The second-order valence-electron chi connectivity index (χ2n) is 5.75. The molecule has 0 saturated carbocycles. The van der Waals surface area contributed by atoms with Gasteiger partial charge in [-0.1, -0.05) is 20.8 Å². The third-order valence-corrected chi connectivity index (χ3v) is 3.23. The van der Waals surface area contributed by atoms with Crippen LogP contribution >= 0.6 is 0 Å². The highest BCUT2D eigenvalue weighted by Gasteiger charge is 2.36. The second kappa shape index (κ2) is 4.44. The van der Waals surface area contributed by atoms with Gasteiger partial charge in [-0.25, -0.2) is 4.98 Å². The fourth-order valence-electron chi connectivity index (χ4n) is 1.02. The van der Waals surface area contributed by atoms with Gasteiger partial charge in [-0.2, -0.15) is 13.2 Å². The summed E-state index contributed by atoms with van der Waals surface area (Å²) < 4.78 is 42.8. The monoisotopic (exact) mass is 261 g/mol. The molecule has 0 saturated heterocycles. The highest BCUT2D eigenvalue weighted by Crippen LogP contribution is 2.34. The Bertz CT molecular complexity index is 402. The molecular formula is C13H18F3NO. The first-order chi connectivity index (χ1) is 7.93. The van der Waals surface area contributed by atoms with Gasteiger partial charge in [-0.05, 0) is 19.9 Å². The summed E-state index contributed by atoms with van der Waals surface area (Å²) in [5.74, 6) is 0.197. The summed E-state index contributed by atoms with van der Waals surface area (Å²) in [6, 6.07) is 2.22. The quantitative estimate of drug-likeness (QED) is 0.791. The predicted octanol–water partition coefficient (Wildman–Crippen LogP) is 4.30. The summed E-state index contributed by atoms with van der Waals surface area (Å²) in [4.78, 5) is 3.70. The average Bonchev–Trinajstić information content (AvgIpc) is 2.14. The summed E-state index contributed by atoms with van der Waals surface area (Å²) in [5.41, 5.74) is -1.46. The Balaban J connectivity index is 2.89. The van der Waals surface area contributed by atoms with E-state index >= 15 is 0 Å². The number of nitrogens with zero attached hydrogens (tertiary/aromatic N) is 1. The Morgan fingerprint density at radius 3 is 1.89 bits per heavy atom. The first kappa shape index (κ1) is 14.8. The highest BCUT2D eigenvalue weighted by atomic mass is 19.4. The lowest BCUT2D eigenvalue weighted by Gasteiger charge is -2.38. The van der Waals surface area contributed by atoms with Crippen LogP contribution in [0, 0.1) is 5.41 Å². The van der Waals surface area contributed by atoms with E-state index in [-0.39, 0.29) is 11.3 Å². The van der Waals surface area contributed by atoms with Crippen molar-refractivity contribution in [1.29, 1.82) is 0 Å². The van der Waals surface area contributed by atoms with Crippen LogP contribution in [0.3, 0.4) is 0 Å². The smallest absolute Gasteiger partial charge is 0.417 e. The molecule has 0 radical (unpaired) electrons. The molecule has 1 heterocycles. The molecule has 0 N–H and O–H groups in total. The van der Waals surface area contributed by atoms with Gasteiger partial charge < -0.3 is 4.74 Å². The zero-order chi connectivity index (χ0) is 14.2. The van der Waals surface area contributed by atoms with Crippen molar-refractivity contribution in [3.8, 4) is 5.88 Å². The molecule has 0 aliphatic rings. The number of alkyl halides is 3. The van der Waals surface area contributed by atoms with Crippen molar-refractivity contribution in [2.75, 3.05) is 0 Å². The van der Waals surface area contributed by atoms with Crippen LogP contribution < -0.4 is 4.74 Å². The van der Waals surface area contributed by atoms with Gasteiger partial charge in [0, 0.05) is 17.7 Å². The molecule has 1 aromatic rings. The number of hydrogen-bond donors (Lipinski definition) is 0. The molecule has 0 bridgehead atoms. The minimum Gasteiger partial charge on any atom is -0.471 e. The van der Waals surface area contributed by atoms with Crippen LogP contribution in [0.5, 0.6) is 5.88 Å². The first-order valence-corrected chi connectivity index (χ1v) is 5.66. The minimum atomic E-state index is -4.37. The van der Waals surface area contributed by atoms with Gasteiger partial charge in [0.05, 0.1) is 5.56 Å². The Kier molecular flexibility index (Phi) is 3.65. The van der Waals surface area contributed by atoms with E-state index in [1.807, 2.05) is 34.6 Å². The molecule has 1 rings (SSSR count).